The molecule has 3 nitrogen and oxygen atoms in total. The van der Waals surface area contributed by atoms with Crippen molar-refractivity contribution in [2.24, 2.45) is 0 Å². The maximum absolute atomic E-state index is 6.15. The van der Waals surface area contributed by atoms with Gasteiger partial charge in [0.25, 0.3) is 0 Å². The molecular formula is C15H23BO3. The summed E-state index contributed by atoms with van der Waals surface area (Å²) in [5.74, 6) is 1.39. The summed E-state index contributed by atoms with van der Waals surface area (Å²) < 4.78 is 18.0. The highest BCUT2D eigenvalue weighted by atomic mass is 16.7. The number of hydrogen-bond donors (Lipinski definition) is 0. The molecule has 0 spiro atoms. The molecule has 0 bridgehead atoms. The highest BCUT2D eigenvalue weighted by Gasteiger charge is 2.53. The molecule has 0 aromatic carbocycles. The first kappa shape index (κ1) is 13.3. The molecule has 2 aliphatic heterocycles. The normalized spacial score (nSPS) is 32.2. The van der Waals surface area contributed by atoms with Gasteiger partial charge >= 0.3 is 7.12 Å². The molecule has 19 heavy (non-hydrogen) atoms. The molecule has 4 heteroatoms. The van der Waals surface area contributed by atoms with Gasteiger partial charge < -0.3 is 14.0 Å². The summed E-state index contributed by atoms with van der Waals surface area (Å²) in [7, 11) is -0.141. The first-order valence-corrected chi connectivity index (χ1v) is 7.28. The van der Waals surface area contributed by atoms with Gasteiger partial charge in [0, 0.05) is 5.82 Å². The topological polar surface area (TPSA) is 27.7 Å². The van der Waals surface area contributed by atoms with Gasteiger partial charge in [-0.05, 0) is 58.6 Å². The summed E-state index contributed by atoms with van der Waals surface area (Å²) in [6.45, 7) is 9.27. The van der Waals surface area contributed by atoms with Crippen molar-refractivity contribution in [3.05, 3.63) is 23.5 Å². The Kier molecular flexibility index (Phi) is 3.06. The van der Waals surface area contributed by atoms with Crippen LogP contribution in [0.25, 0.3) is 0 Å². The molecule has 104 valence electrons. The second-order valence-corrected chi connectivity index (χ2v) is 6.77. The molecule has 0 aromatic heterocycles. The third-order valence-corrected chi connectivity index (χ3v) is 4.83. The number of hydrogen-bond acceptors (Lipinski definition) is 3. The smallest absolute Gasteiger partial charge is 0.465 e. The van der Waals surface area contributed by atoms with Crippen molar-refractivity contribution in [1.82, 2.24) is 0 Å². The third kappa shape index (κ3) is 2.25. The van der Waals surface area contributed by atoms with Crippen molar-refractivity contribution in [1.29, 1.82) is 0 Å². The summed E-state index contributed by atoms with van der Waals surface area (Å²) in [6.07, 6.45) is 7.57. The predicted octanol–water partition coefficient (Wildman–Crippen LogP) is 3.47. The molecular weight excluding hydrogens is 239 g/mol. The Bertz CT molecular complexity index is 421. The van der Waals surface area contributed by atoms with E-state index in [1.54, 1.807) is 0 Å². The molecule has 1 aliphatic carbocycles. The van der Waals surface area contributed by atoms with Crippen LogP contribution in [0.3, 0.4) is 0 Å². The van der Waals surface area contributed by atoms with Crippen molar-refractivity contribution < 1.29 is 14.0 Å². The van der Waals surface area contributed by atoms with Gasteiger partial charge in [0.15, 0.2) is 0 Å². The summed E-state index contributed by atoms with van der Waals surface area (Å²) in [6, 6.07) is 0. The van der Waals surface area contributed by atoms with Crippen LogP contribution >= 0.6 is 0 Å². The summed E-state index contributed by atoms with van der Waals surface area (Å²) in [5.41, 5.74) is 0.931. The lowest BCUT2D eigenvalue weighted by molar-refractivity contribution is 0.00578. The van der Waals surface area contributed by atoms with Gasteiger partial charge in [0.2, 0.25) is 0 Å². The monoisotopic (exact) mass is 262 g/mol. The maximum atomic E-state index is 6.15. The van der Waals surface area contributed by atoms with Crippen molar-refractivity contribution in [2.75, 3.05) is 6.61 Å². The highest BCUT2D eigenvalue weighted by molar-refractivity contribution is 6.48. The number of allylic oxidation sites excluding steroid dienone is 3. The van der Waals surface area contributed by atoms with E-state index in [1.807, 2.05) is 0 Å². The Hall–Kier alpha value is -0.735. The minimum absolute atomic E-state index is 0.141. The molecule has 2 heterocycles. The average molecular weight is 262 g/mol. The van der Waals surface area contributed by atoms with Crippen LogP contribution in [-0.2, 0) is 14.0 Å². The fourth-order valence-electron chi connectivity index (χ4n) is 2.88. The zero-order chi connectivity index (χ0) is 13.7. The van der Waals surface area contributed by atoms with Gasteiger partial charge in [-0.2, -0.15) is 0 Å². The van der Waals surface area contributed by atoms with E-state index in [1.165, 1.54) is 5.57 Å². The van der Waals surface area contributed by atoms with Crippen molar-refractivity contribution in [3.8, 4) is 0 Å². The molecule has 0 aromatic rings. The number of rotatable bonds is 1. The van der Waals surface area contributed by atoms with Gasteiger partial charge in [-0.15, -0.1) is 0 Å². The molecule has 3 aliphatic rings. The van der Waals surface area contributed by atoms with E-state index < -0.39 is 0 Å². The lowest BCUT2D eigenvalue weighted by Gasteiger charge is -2.32. The minimum Gasteiger partial charge on any atom is -0.494 e. The van der Waals surface area contributed by atoms with Gasteiger partial charge in [-0.1, -0.05) is 6.08 Å². The predicted molar refractivity (Wildman–Crippen MR) is 75.8 cm³/mol. The van der Waals surface area contributed by atoms with Crippen LogP contribution in [-0.4, -0.2) is 24.9 Å². The number of ether oxygens (including phenoxy) is 1. The zero-order valence-corrected chi connectivity index (χ0v) is 12.4. The summed E-state index contributed by atoms with van der Waals surface area (Å²) in [4.78, 5) is 0. The van der Waals surface area contributed by atoms with E-state index in [2.05, 4.69) is 39.8 Å². The van der Waals surface area contributed by atoms with Crippen LogP contribution in [0.5, 0.6) is 0 Å². The van der Waals surface area contributed by atoms with E-state index in [-0.39, 0.29) is 18.3 Å². The zero-order valence-electron chi connectivity index (χ0n) is 12.4. The molecule has 0 amide bonds. The van der Waals surface area contributed by atoms with Crippen LogP contribution in [0.2, 0.25) is 5.82 Å². The lowest BCUT2D eigenvalue weighted by Crippen LogP contribution is -2.41. The second-order valence-electron chi connectivity index (χ2n) is 6.77. The largest absolute Gasteiger partial charge is 0.494 e. The Morgan fingerprint density at radius 3 is 2.53 bits per heavy atom. The Morgan fingerprint density at radius 1 is 1.16 bits per heavy atom. The maximum Gasteiger partial charge on any atom is 0.465 e. The second kappa shape index (κ2) is 4.39. The fraction of sp³-hybridized carbons (Fsp3) is 0.733. The van der Waals surface area contributed by atoms with E-state index in [0.29, 0.717) is 5.82 Å². The van der Waals surface area contributed by atoms with Crippen LogP contribution in [0.1, 0.15) is 47.0 Å². The van der Waals surface area contributed by atoms with Crippen LogP contribution in [0, 0.1) is 0 Å². The summed E-state index contributed by atoms with van der Waals surface area (Å²) in [5, 5.41) is 0. The fourth-order valence-corrected chi connectivity index (χ4v) is 2.88. The molecule has 1 fully saturated rings. The molecule has 1 atom stereocenters. The van der Waals surface area contributed by atoms with Crippen LogP contribution in [0.4, 0.5) is 0 Å². The van der Waals surface area contributed by atoms with Gasteiger partial charge in [0.1, 0.15) is 5.76 Å². The average Bonchev–Trinajstić information content (AvgIpc) is 2.58. The Labute approximate surface area is 116 Å². The lowest BCUT2D eigenvalue weighted by atomic mass is 9.66. The minimum atomic E-state index is -0.247. The van der Waals surface area contributed by atoms with E-state index in [9.17, 15) is 0 Å². The SMILES string of the molecule is CC1(C)OB(C2C=CC3=C(CCCO3)C2)OC1(C)C. The standard InChI is InChI=1S/C15H23BO3/c1-14(2)15(3,4)19-16(18-14)12-7-8-13-11(10-12)6-5-9-17-13/h7-8,12H,5-6,9-10H2,1-4H3. The van der Waals surface area contributed by atoms with Crippen molar-refractivity contribution >= 4 is 7.12 Å². The Morgan fingerprint density at radius 2 is 1.84 bits per heavy atom. The van der Waals surface area contributed by atoms with Crippen LogP contribution in [0.15, 0.2) is 23.5 Å². The van der Waals surface area contributed by atoms with E-state index in [4.69, 9.17) is 14.0 Å². The van der Waals surface area contributed by atoms with Gasteiger partial charge in [-0.25, -0.2) is 0 Å². The quantitative estimate of drug-likeness (QED) is 0.677. The third-order valence-electron chi connectivity index (χ3n) is 4.83. The van der Waals surface area contributed by atoms with E-state index >= 15 is 0 Å². The van der Waals surface area contributed by atoms with E-state index in [0.717, 1.165) is 31.6 Å². The molecule has 0 N–H and O–H groups in total. The van der Waals surface area contributed by atoms with Gasteiger partial charge in [0.05, 0.1) is 17.8 Å². The molecule has 1 unspecified atom stereocenters. The first-order valence-electron chi connectivity index (χ1n) is 7.28. The van der Waals surface area contributed by atoms with Crippen LogP contribution < -0.4 is 0 Å². The highest BCUT2D eigenvalue weighted by Crippen LogP contribution is 2.44. The summed E-state index contributed by atoms with van der Waals surface area (Å²) >= 11 is 0. The molecule has 0 saturated carbocycles. The molecule has 3 rings (SSSR count). The molecule has 0 radical (unpaired) electrons. The molecule has 1 saturated heterocycles. The Balaban J connectivity index is 1.73. The van der Waals surface area contributed by atoms with Crippen molar-refractivity contribution in [3.63, 3.8) is 0 Å². The van der Waals surface area contributed by atoms with Crippen molar-refractivity contribution in [2.45, 2.75) is 64.0 Å². The van der Waals surface area contributed by atoms with Gasteiger partial charge in [-0.3, -0.25) is 0 Å². The first-order chi connectivity index (χ1) is 8.89.